The Labute approximate surface area is 105 Å². The molecule has 0 aromatic rings. The molecule has 0 heterocycles. The number of nitrogens with one attached hydrogen (secondary N) is 1. The first-order chi connectivity index (χ1) is 7.97. The van der Waals surface area contributed by atoms with Gasteiger partial charge in [0.2, 0.25) is 0 Å². The largest absolute Gasteiger partial charge is 0.481 e. The molecule has 0 radical (unpaired) electrons. The third kappa shape index (κ3) is 4.30. The average Bonchev–Trinajstić information content (AvgIpc) is 2.31. The maximum atomic E-state index is 11.1. The van der Waals surface area contributed by atoms with Crippen LogP contribution in [0.4, 0.5) is 0 Å². The predicted octanol–water partition coefficient (Wildman–Crippen LogP) is 3.05. The highest BCUT2D eigenvalue weighted by molar-refractivity contribution is 5.73. The SMILES string of the molecule is CCC(NCC(C)(C)C(=O)O)C1CCCCC1. The Hall–Kier alpha value is -0.570. The minimum absolute atomic E-state index is 0.494. The molecule has 0 bridgehead atoms. The fraction of sp³-hybridized carbons (Fsp3) is 0.929. The fourth-order valence-electron chi connectivity index (χ4n) is 2.64. The van der Waals surface area contributed by atoms with Gasteiger partial charge in [-0.2, -0.15) is 0 Å². The molecule has 1 rings (SSSR count). The van der Waals surface area contributed by atoms with Gasteiger partial charge < -0.3 is 10.4 Å². The Morgan fingerprint density at radius 3 is 2.41 bits per heavy atom. The Bertz CT molecular complexity index is 245. The van der Waals surface area contributed by atoms with Crippen LogP contribution in [0.5, 0.6) is 0 Å². The lowest BCUT2D eigenvalue weighted by Crippen LogP contribution is -2.44. The van der Waals surface area contributed by atoms with Gasteiger partial charge in [0.1, 0.15) is 0 Å². The summed E-state index contributed by atoms with van der Waals surface area (Å²) in [5.74, 6) is 0.0295. The molecule has 100 valence electrons. The van der Waals surface area contributed by atoms with E-state index in [1.54, 1.807) is 13.8 Å². The van der Waals surface area contributed by atoms with Crippen molar-refractivity contribution >= 4 is 5.97 Å². The van der Waals surface area contributed by atoms with Crippen LogP contribution in [0.3, 0.4) is 0 Å². The van der Waals surface area contributed by atoms with Crippen molar-refractivity contribution in [2.45, 2.75) is 65.3 Å². The fourth-order valence-corrected chi connectivity index (χ4v) is 2.64. The van der Waals surface area contributed by atoms with Crippen molar-refractivity contribution in [2.24, 2.45) is 11.3 Å². The number of carbonyl (C=O) groups is 1. The first-order valence-corrected chi connectivity index (χ1v) is 6.94. The molecule has 17 heavy (non-hydrogen) atoms. The highest BCUT2D eigenvalue weighted by atomic mass is 16.4. The molecule has 1 atom stereocenters. The molecule has 0 aromatic carbocycles. The van der Waals surface area contributed by atoms with Crippen LogP contribution in [-0.4, -0.2) is 23.7 Å². The van der Waals surface area contributed by atoms with Crippen LogP contribution in [0.25, 0.3) is 0 Å². The number of carboxylic acid groups (broad SMARTS) is 1. The van der Waals surface area contributed by atoms with E-state index in [9.17, 15) is 4.79 Å². The zero-order chi connectivity index (χ0) is 12.9. The first-order valence-electron chi connectivity index (χ1n) is 6.94. The second-order valence-electron chi connectivity index (χ2n) is 5.98. The van der Waals surface area contributed by atoms with Gasteiger partial charge in [0, 0.05) is 12.6 Å². The molecule has 1 aliphatic carbocycles. The average molecular weight is 241 g/mol. The van der Waals surface area contributed by atoms with E-state index in [-0.39, 0.29) is 0 Å². The second kappa shape index (κ2) is 6.39. The van der Waals surface area contributed by atoms with E-state index in [0.717, 1.165) is 12.3 Å². The van der Waals surface area contributed by atoms with Gasteiger partial charge in [-0.25, -0.2) is 0 Å². The van der Waals surface area contributed by atoms with E-state index < -0.39 is 11.4 Å². The maximum absolute atomic E-state index is 11.1. The highest BCUT2D eigenvalue weighted by Crippen LogP contribution is 2.28. The van der Waals surface area contributed by atoms with E-state index in [1.165, 1.54) is 32.1 Å². The van der Waals surface area contributed by atoms with Gasteiger partial charge in [-0.1, -0.05) is 26.2 Å². The van der Waals surface area contributed by atoms with Gasteiger partial charge in [0.25, 0.3) is 0 Å². The van der Waals surface area contributed by atoms with Crippen LogP contribution in [0.1, 0.15) is 59.3 Å². The summed E-state index contributed by atoms with van der Waals surface area (Å²) in [7, 11) is 0. The summed E-state index contributed by atoms with van der Waals surface area (Å²) in [4.78, 5) is 11.1. The summed E-state index contributed by atoms with van der Waals surface area (Å²) in [6.45, 7) is 6.34. The van der Waals surface area contributed by atoms with Gasteiger partial charge in [-0.15, -0.1) is 0 Å². The molecule has 3 heteroatoms. The molecule has 1 unspecified atom stereocenters. The molecular formula is C14H27NO2. The molecule has 2 N–H and O–H groups in total. The summed E-state index contributed by atoms with van der Waals surface area (Å²) in [5, 5.41) is 12.6. The third-order valence-corrected chi connectivity index (χ3v) is 4.04. The number of carboxylic acids is 1. The number of hydrogen-bond acceptors (Lipinski definition) is 2. The molecular weight excluding hydrogens is 214 g/mol. The summed E-state index contributed by atoms with van der Waals surface area (Å²) in [6.07, 6.45) is 7.75. The van der Waals surface area contributed by atoms with Gasteiger partial charge in [-0.05, 0) is 39.0 Å². The zero-order valence-electron chi connectivity index (χ0n) is 11.5. The summed E-state index contributed by atoms with van der Waals surface area (Å²) >= 11 is 0. The number of hydrogen-bond donors (Lipinski definition) is 2. The zero-order valence-corrected chi connectivity index (χ0v) is 11.5. The summed E-state index contributed by atoms with van der Waals surface area (Å²) < 4.78 is 0. The Kier molecular flexibility index (Phi) is 5.44. The van der Waals surface area contributed by atoms with E-state index in [4.69, 9.17) is 5.11 Å². The van der Waals surface area contributed by atoms with Crippen LogP contribution in [-0.2, 0) is 4.79 Å². The quantitative estimate of drug-likeness (QED) is 0.751. The van der Waals surface area contributed by atoms with Crippen molar-refractivity contribution in [1.29, 1.82) is 0 Å². The Balaban J connectivity index is 2.43. The van der Waals surface area contributed by atoms with Gasteiger partial charge in [-0.3, -0.25) is 4.79 Å². The maximum Gasteiger partial charge on any atom is 0.310 e. The van der Waals surface area contributed by atoms with Crippen molar-refractivity contribution in [3.8, 4) is 0 Å². The topological polar surface area (TPSA) is 49.3 Å². The van der Waals surface area contributed by atoms with E-state index >= 15 is 0 Å². The lowest BCUT2D eigenvalue weighted by Gasteiger charge is -2.32. The standard InChI is InChI=1S/C14H27NO2/c1-4-12(11-8-6-5-7-9-11)15-10-14(2,3)13(16)17/h11-12,15H,4-10H2,1-3H3,(H,16,17). The molecule has 0 aromatic heterocycles. The summed E-state index contributed by atoms with van der Waals surface area (Å²) in [5.41, 5.74) is -0.665. The molecule has 0 saturated heterocycles. The van der Waals surface area contributed by atoms with Crippen LogP contribution < -0.4 is 5.32 Å². The Morgan fingerprint density at radius 1 is 1.35 bits per heavy atom. The molecule has 1 aliphatic rings. The molecule has 0 spiro atoms. The number of aliphatic carboxylic acids is 1. The van der Waals surface area contributed by atoms with Crippen molar-refractivity contribution < 1.29 is 9.90 Å². The smallest absolute Gasteiger partial charge is 0.310 e. The minimum Gasteiger partial charge on any atom is -0.481 e. The van der Waals surface area contributed by atoms with Crippen molar-refractivity contribution in [2.75, 3.05) is 6.54 Å². The van der Waals surface area contributed by atoms with Crippen LogP contribution >= 0.6 is 0 Å². The molecule has 3 nitrogen and oxygen atoms in total. The lowest BCUT2D eigenvalue weighted by molar-refractivity contribution is -0.146. The van der Waals surface area contributed by atoms with Gasteiger partial charge >= 0.3 is 5.97 Å². The summed E-state index contributed by atoms with van der Waals surface area (Å²) in [6, 6.07) is 0.494. The van der Waals surface area contributed by atoms with Crippen LogP contribution in [0.2, 0.25) is 0 Å². The number of rotatable bonds is 6. The van der Waals surface area contributed by atoms with Crippen LogP contribution in [0, 0.1) is 11.3 Å². The predicted molar refractivity (Wildman–Crippen MR) is 70.1 cm³/mol. The minimum atomic E-state index is -0.719. The van der Waals surface area contributed by atoms with Crippen molar-refractivity contribution in [3.05, 3.63) is 0 Å². The highest BCUT2D eigenvalue weighted by Gasteiger charge is 2.29. The van der Waals surface area contributed by atoms with E-state index in [1.807, 2.05) is 0 Å². The van der Waals surface area contributed by atoms with Crippen molar-refractivity contribution in [1.82, 2.24) is 5.32 Å². The molecule has 0 aliphatic heterocycles. The third-order valence-electron chi connectivity index (χ3n) is 4.04. The lowest BCUT2D eigenvalue weighted by atomic mass is 9.82. The van der Waals surface area contributed by atoms with Crippen LogP contribution in [0.15, 0.2) is 0 Å². The Morgan fingerprint density at radius 2 is 1.94 bits per heavy atom. The molecule has 1 fully saturated rings. The van der Waals surface area contributed by atoms with E-state index in [0.29, 0.717) is 12.6 Å². The molecule has 0 amide bonds. The second-order valence-corrected chi connectivity index (χ2v) is 5.98. The van der Waals surface area contributed by atoms with Gasteiger partial charge in [0.05, 0.1) is 5.41 Å². The van der Waals surface area contributed by atoms with E-state index in [2.05, 4.69) is 12.2 Å². The van der Waals surface area contributed by atoms with Gasteiger partial charge in [0.15, 0.2) is 0 Å². The van der Waals surface area contributed by atoms with Crippen molar-refractivity contribution in [3.63, 3.8) is 0 Å². The monoisotopic (exact) mass is 241 g/mol. The molecule has 1 saturated carbocycles. The first kappa shape index (κ1) is 14.5. The normalized spacial score (nSPS) is 20.2.